The Balaban J connectivity index is 1.41. The van der Waals surface area contributed by atoms with Gasteiger partial charge < -0.3 is 20.0 Å². The number of aromatic nitrogens is 1. The van der Waals surface area contributed by atoms with E-state index < -0.39 is 17.4 Å². The maximum Gasteiger partial charge on any atom is 0.251 e. The van der Waals surface area contributed by atoms with Crippen molar-refractivity contribution in [2.75, 3.05) is 19.6 Å². The molecule has 10 heteroatoms. The molecule has 2 heterocycles. The van der Waals surface area contributed by atoms with Crippen LogP contribution in [0.5, 0.6) is 5.75 Å². The van der Waals surface area contributed by atoms with Gasteiger partial charge in [0, 0.05) is 41.8 Å². The molecule has 0 bridgehead atoms. The van der Waals surface area contributed by atoms with Crippen LogP contribution < -0.4 is 20.6 Å². The summed E-state index contributed by atoms with van der Waals surface area (Å²) in [7, 11) is 0. The molecular formula is C27H29N4O6-. The molecule has 3 N–H and O–H groups in total. The number of benzene rings is 2. The quantitative estimate of drug-likeness (QED) is 0.292. The zero-order valence-corrected chi connectivity index (χ0v) is 20.5. The fourth-order valence-electron chi connectivity index (χ4n) is 4.71. The van der Waals surface area contributed by atoms with Crippen LogP contribution in [-0.2, 0) is 16.2 Å². The average Bonchev–Trinajstić information content (AvgIpc) is 2.88. The molecule has 0 radical (unpaired) electrons. The van der Waals surface area contributed by atoms with Gasteiger partial charge in [-0.25, -0.2) is 5.48 Å². The Morgan fingerprint density at radius 2 is 1.81 bits per heavy atom. The number of ether oxygens (including phenoxy) is 1. The molecule has 2 aromatic carbocycles. The van der Waals surface area contributed by atoms with Crippen molar-refractivity contribution < 1.29 is 29.4 Å². The number of pyridine rings is 1. The van der Waals surface area contributed by atoms with Gasteiger partial charge in [0.25, 0.3) is 5.91 Å². The molecular weight excluding hydrogens is 476 g/mol. The van der Waals surface area contributed by atoms with E-state index in [4.69, 9.17) is 9.94 Å². The number of amides is 2. The minimum atomic E-state index is -1.18. The number of para-hydroxylation sites is 1. The lowest BCUT2D eigenvalue weighted by Crippen LogP contribution is -2.58. The number of aliphatic carboxylic acids is 1. The van der Waals surface area contributed by atoms with Crippen LogP contribution in [0, 0.1) is 6.92 Å². The summed E-state index contributed by atoms with van der Waals surface area (Å²) in [5.41, 5.74) is 3.91. The third-order valence-electron chi connectivity index (χ3n) is 6.61. The number of hydroxylamine groups is 1. The summed E-state index contributed by atoms with van der Waals surface area (Å²) in [6, 6.07) is 16.6. The highest BCUT2D eigenvalue weighted by molar-refractivity contribution is 5.95. The standard InChI is InChI=1S/C27H30N4O6/c1-18-14-20(22-4-2-3-5-23(22)28-18)17-37-21-8-6-19(7-9-21)26(35)29-27(15-24(32)30-36)10-12-31(13-11-27)16-25(33)34/h2-9,14,36H,10-13,15-17H2,1H3,(H,29,35)(H,30,32)(H,33,34)/p-1. The molecule has 194 valence electrons. The third-order valence-corrected chi connectivity index (χ3v) is 6.61. The predicted molar refractivity (Wildman–Crippen MR) is 133 cm³/mol. The maximum atomic E-state index is 13.1. The lowest BCUT2D eigenvalue weighted by molar-refractivity contribution is -0.306. The summed E-state index contributed by atoms with van der Waals surface area (Å²) < 4.78 is 5.97. The molecule has 2 amide bonds. The number of likely N-dealkylation sites (tertiary alicyclic amines) is 1. The Hall–Kier alpha value is -4.02. The lowest BCUT2D eigenvalue weighted by atomic mass is 9.83. The highest BCUT2D eigenvalue weighted by Crippen LogP contribution is 2.27. The lowest BCUT2D eigenvalue weighted by Gasteiger charge is -2.42. The second kappa shape index (κ2) is 11.4. The smallest absolute Gasteiger partial charge is 0.251 e. The number of rotatable bonds is 9. The Labute approximate surface area is 214 Å². The second-order valence-electron chi connectivity index (χ2n) is 9.35. The van der Waals surface area contributed by atoms with Crippen LogP contribution in [0.4, 0.5) is 0 Å². The zero-order valence-electron chi connectivity index (χ0n) is 20.5. The van der Waals surface area contributed by atoms with Crippen LogP contribution >= 0.6 is 0 Å². The van der Waals surface area contributed by atoms with E-state index >= 15 is 0 Å². The average molecular weight is 506 g/mol. The van der Waals surface area contributed by atoms with Gasteiger partial charge in [-0.05, 0) is 56.2 Å². The summed E-state index contributed by atoms with van der Waals surface area (Å²) in [4.78, 5) is 42.1. The fourth-order valence-corrected chi connectivity index (χ4v) is 4.71. The van der Waals surface area contributed by atoms with Gasteiger partial charge in [0.1, 0.15) is 12.4 Å². The van der Waals surface area contributed by atoms with Crippen LogP contribution in [0.3, 0.4) is 0 Å². The van der Waals surface area contributed by atoms with Crippen molar-refractivity contribution in [1.82, 2.24) is 20.7 Å². The molecule has 37 heavy (non-hydrogen) atoms. The van der Waals surface area contributed by atoms with Crippen LogP contribution in [0.15, 0.2) is 54.6 Å². The molecule has 3 aromatic rings. The van der Waals surface area contributed by atoms with Gasteiger partial charge in [0.2, 0.25) is 5.91 Å². The summed E-state index contributed by atoms with van der Waals surface area (Å²) in [5.74, 6) is -1.59. The number of carbonyl (C=O) groups is 3. The first-order valence-electron chi connectivity index (χ1n) is 12.0. The molecule has 10 nitrogen and oxygen atoms in total. The number of nitrogens with zero attached hydrogens (tertiary/aromatic N) is 2. The van der Waals surface area contributed by atoms with Gasteiger partial charge in [0.15, 0.2) is 0 Å². The van der Waals surface area contributed by atoms with E-state index in [2.05, 4.69) is 10.3 Å². The fraction of sp³-hybridized carbons (Fsp3) is 0.333. The number of carbonyl (C=O) groups excluding carboxylic acids is 3. The SMILES string of the molecule is Cc1cc(COc2ccc(C(=O)NC3(CC(=O)NO)CCN(CC(=O)[O-])CC3)cc2)c2ccccc2n1. The summed E-state index contributed by atoms with van der Waals surface area (Å²) in [5, 5.41) is 23.9. The second-order valence-corrected chi connectivity index (χ2v) is 9.35. The molecule has 1 fully saturated rings. The van der Waals surface area contributed by atoms with E-state index in [1.54, 1.807) is 34.6 Å². The number of nitrogens with one attached hydrogen (secondary N) is 2. The number of piperidine rings is 1. The maximum absolute atomic E-state index is 13.1. The minimum absolute atomic E-state index is 0.130. The zero-order chi connectivity index (χ0) is 26.4. The van der Waals surface area contributed by atoms with Gasteiger partial charge in [-0.3, -0.25) is 24.7 Å². The molecule has 1 aliphatic heterocycles. The molecule has 0 unspecified atom stereocenters. The Bertz CT molecular complexity index is 1290. The van der Waals surface area contributed by atoms with Gasteiger partial charge in [-0.15, -0.1) is 0 Å². The Morgan fingerprint density at radius 3 is 2.49 bits per heavy atom. The molecule has 0 aliphatic carbocycles. The topological polar surface area (TPSA) is 144 Å². The highest BCUT2D eigenvalue weighted by Gasteiger charge is 2.38. The van der Waals surface area contributed by atoms with E-state index in [0.29, 0.717) is 43.9 Å². The van der Waals surface area contributed by atoms with Crippen molar-refractivity contribution in [3.8, 4) is 5.75 Å². The predicted octanol–water partition coefficient (Wildman–Crippen LogP) is 1.33. The van der Waals surface area contributed by atoms with E-state index in [-0.39, 0.29) is 18.9 Å². The summed E-state index contributed by atoms with van der Waals surface area (Å²) >= 11 is 0. The number of carboxylic acids is 1. The normalized spacial score (nSPS) is 15.2. The number of fused-ring (bicyclic) bond motifs is 1. The van der Waals surface area contributed by atoms with Crippen molar-refractivity contribution in [3.05, 3.63) is 71.4 Å². The Morgan fingerprint density at radius 1 is 1.11 bits per heavy atom. The highest BCUT2D eigenvalue weighted by atomic mass is 16.5. The molecule has 1 aliphatic rings. The van der Waals surface area contributed by atoms with E-state index in [1.807, 2.05) is 37.3 Å². The van der Waals surface area contributed by atoms with Gasteiger partial charge in [-0.1, -0.05) is 18.2 Å². The van der Waals surface area contributed by atoms with Crippen LogP contribution in [0.2, 0.25) is 0 Å². The molecule has 1 aromatic heterocycles. The molecule has 4 rings (SSSR count). The van der Waals surface area contributed by atoms with E-state index in [0.717, 1.165) is 22.2 Å². The van der Waals surface area contributed by atoms with Crippen molar-refractivity contribution in [2.24, 2.45) is 0 Å². The van der Waals surface area contributed by atoms with Crippen LogP contribution in [-0.4, -0.2) is 58.0 Å². The molecule has 1 saturated heterocycles. The van der Waals surface area contributed by atoms with E-state index in [9.17, 15) is 19.5 Å². The first-order valence-corrected chi connectivity index (χ1v) is 12.0. The summed E-state index contributed by atoms with van der Waals surface area (Å²) in [6.45, 7) is 2.79. The summed E-state index contributed by atoms with van der Waals surface area (Å²) in [6.07, 6.45) is 0.564. The van der Waals surface area contributed by atoms with Crippen LogP contribution in [0.1, 0.15) is 40.9 Å². The van der Waals surface area contributed by atoms with Gasteiger partial charge in [0.05, 0.1) is 23.4 Å². The number of aryl methyl sites for hydroxylation is 1. The molecule has 0 spiro atoms. The number of hydrogen-bond acceptors (Lipinski definition) is 8. The van der Waals surface area contributed by atoms with E-state index in [1.165, 1.54) is 0 Å². The van der Waals surface area contributed by atoms with Gasteiger partial charge in [-0.2, -0.15) is 0 Å². The van der Waals surface area contributed by atoms with Crippen molar-refractivity contribution >= 4 is 28.7 Å². The minimum Gasteiger partial charge on any atom is -0.549 e. The molecule has 0 saturated carbocycles. The molecule has 0 atom stereocenters. The third kappa shape index (κ3) is 6.60. The monoisotopic (exact) mass is 505 g/mol. The largest absolute Gasteiger partial charge is 0.549 e. The van der Waals surface area contributed by atoms with Crippen molar-refractivity contribution in [3.63, 3.8) is 0 Å². The van der Waals surface area contributed by atoms with Crippen molar-refractivity contribution in [1.29, 1.82) is 0 Å². The number of carboxylic acid groups (broad SMARTS) is 1. The van der Waals surface area contributed by atoms with Crippen molar-refractivity contribution in [2.45, 2.75) is 38.3 Å². The Kier molecular flexibility index (Phi) is 8.00. The first-order chi connectivity index (χ1) is 17.8. The first kappa shape index (κ1) is 26.1. The van der Waals surface area contributed by atoms with Crippen LogP contribution in [0.25, 0.3) is 10.9 Å². The van der Waals surface area contributed by atoms with Gasteiger partial charge >= 0.3 is 0 Å². The number of hydrogen-bond donors (Lipinski definition) is 3.